The summed E-state index contributed by atoms with van der Waals surface area (Å²) < 4.78 is 2.18. The minimum absolute atomic E-state index is 0.140. The highest BCUT2D eigenvalue weighted by Crippen LogP contribution is 2.49. The van der Waals surface area contributed by atoms with E-state index in [-0.39, 0.29) is 35.5 Å². The van der Waals surface area contributed by atoms with Crippen LogP contribution in [0.1, 0.15) is 24.0 Å². The molecule has 5 nitrogen and oxygen atoms in total. The van der Waals surface area contributed by atoms with E-state index in [4.69, 9.17) is 0 Å². The minimum Gasteiger partial charge on any atom is -0.342 e. The number of amides is 2. The van der Waals surface area contributed by atoms with Crippen LogP contribution in [0.5, 0.6) is 0 Å². The molecule has 1 aliphatic heterocycles. The SMILES string of the molecule is O=C1[C@H]2[C@H](C(=O)N1/N=C\c1cn(Cc3ccccc3)c3ccccc13)[C@H]1C=C[C@H]2CC1. The third kappa shape index (κ3) is 2.87. The van der Waals surface area contributed by atoms with Crippen molar-refractivity contribution in [2.45, 2.75) is 19.4 Å². The molecule has 1 saturated carbocycles. The fourth-order valence-corrected chi connectivity index (χ4v) is 5.58. The lowest BCUT2D eigenvalue weighted by atomic mass is 9.63. The van der Waals surface area contributed by atoms with E-state index < -0.39 is 0 Å². The van der Waals surface area contributed by atoms with E-state index in [0.29, 0.717) is 0 Å². The topological polar surface area (TPSA) is 54.7 Å². The summed E-state index contributed by atoms with van der Waals surface area (Å²) in [6.07, 6.45) is 9.96. The number of hydrogen-bond donors (Lipinski definition) is 0. The summed E-state index contributed by atoms with van der Waals surface area (Å²) in [5.74, 6) is -0.379. The zero-order valence-corrected chi connectivity index (χ0v) is 17.1. The quantitative estimate of drug-likeness (QED) is 0.368. The highest BCUT2D eigenvalue weighted by Gasteiger charge is 2.56. The number of carbonyl (C=O) groups is 2. The van der Waals surface area contributed by atoms with Crippen LogP contribution >= 0.6 is 0 Å². The average Bonchev–Trinajstić information content (AvgIpc) is 3.30. The summed E-state index contributed by atoms with van der Waals surface area (Å²) in [6.45, 7) is 0.746. The predicted molar refractivity (Wildman–Crippen MR) is 119 cm³/mol. The van der Waals surface area contributed by atoms with Crippen LogP contribution in [0.25, 0.3) is 10.9 Å². The summed E-state index contributed by atoms with van der Waals surface area (Å²) in [5.41, 5.74) is 3.22. The first-order valence-corrected chi connectivity index (χ1v) is 10.9. The van der Waals surface area contributed by atoms with Gasteiger partial charge in [-0.2, -0.15) is 10.1 Å². The largest absolute Gasteiger partial charge is 0.342 e. The Morgan fingerprint density at radius 1 is 0.871 bits per heavy atom. The number of allylic oxidation sites excluding steroid dienone is 2. The molecule has 5 heteroatoms. The van der Waals surface area contributed by atoms with Crippen molar-refractivity contribution >= 4 is 28.9 Å². The summed E-state index contributed by atoms with van der Waals surface area (Å²) in [4.78, 5) is 26.0. The number of hydrogen-bond acceptors (Lipinski definition) is 3. The van der Waals surface area contributed by atoms with E-state index in [1.807, 2.05) is 36.5 Å². The van der Waals surface area contributed by atoms with Gasteiger partial charge in [0.2, 0.25) is 0 Å². The van der Waals surface area contributed by atoms with Crippen LogP contribution in [0, 0.1) is 23.7 Å². The molecule has 0 spiro atoms. The lowest BCUT2D eigenvalue weighted by Gasteiger charge is -2.37. The molecule has 2 aromatic carbocycles. The van der Waals surface area contributed by atoms with Crippen LogP contribution in [0.4, 0.5) is 0 Å². The van der Waals surface area contributed by atoms with Crippen molar-refractivity contribution in [2.75, 3.05) is 0 Å². The molecule has 4 aliphatic rings. The Bertz CT molecular complexity index is 1210. The number of nitrogens with zero attached hydrogens (tertiary/aromatic N) is 3. The Hall–Kier alpha value is -3.47. The van der Waals surface area contributed by atoms with Gasteiger partial charge < -0.3 is 4.57 Å². The number of fused-ring (bicyclic) bond motifs is 2. The van der Waals surface area contributed by atoms with Gasteiger partial charge in [-0.1, -0.05) is 60.7 Å². The molecule has 154 valence electrons. The summed E-state index contributed by atoms with van der Waals surface area (Å²) in [6, 6.07) is 18.4. The Kier molecular flexibility index (Phi) is 4.16. The van der Waals surface area contributed by atoms with Gasteiger partial charge in [0.25, 0.3) is 11.8 Å². The van der Waals surface area contributed by atoms with Gasteiger partial charge >= 0.3 is 0 Å². The third-order valence-electron chi connectivity index (χ3n) is 7.06. The second-order valence-corrected chi connectivity index (χ2v) is 8.79. The van der Waals surface area contributed by atoms with Crippen molar-refractivity contribution in [3.05, 3.63) is 84.1 Å². The lowest BCUT2D eigenvalue weighted by Crippen LogP contribution is -2.38. The van der Waals surface area contributed by atoms with Crippen LogP contribution in [0.3, 0.4) is 0 Å². The van der Waals surface area contributed by atoms with E-state index in [1.165, 1.54) is 5.56 Å². The van der Waals surface area contributed by atoms with Crippen molar-refractivity contribution in [1.82, 2.24) is 9.58 Å². The Balaban J connectivity index is 1.33. The highest BCUT2D eigenvalue weighted by molar-refractivity contribution is 6.07. The number of benzene rings is 2. The number of rotatable bonds is 4. The van der Waals surface area contributed by atoms with Crippen molar-refractivity contribution in [3.63, 3.8) is 0 Å². The van der Waals surface area contributed by atoms with Crippen molar-refractivity contribution in [1.29, 1.82) is 0 Å². The molecular weight excluding hydrogens is 386 g/mol. The fourth-order valence-electron chi connectivity index (χ4n) is 5.58. The molecule has 7 rings (SSSR count). The molecule has 1 saturated heterocycles. The van der Waals surface area contributed by atoms with E-state index in [1.54, 1.807) is 6.21 Å². The van der Waals surface area contributed by atoms with Crippen LogP contribution in [0.2, 0.25) is 0 Å². The minimum atomic E-state index is -0.229. The monoisotopic (exact) mass is 409 g/mol. The Labute approximate surface area is 180 Å². The molecule has 0 unspecified atom stereocenters. The molecule has 0 radical (unpaired) electrons. The van der Waals surface area contributed by atoms with Gasteiger partial charge in [-0.15, -0.1) is 0 Å². The van der Waals surface area contributed by atoms with E-state index in [0.717, 1.165) is 40.9 Å². The number of hydrazone groups is 1. The Morgan fingerprint density at radius 2 is 1.52 bits per heavy atom. The zero-order valence-electron chi connectivity index (χ0n) is 17.1. The van der Waals surface area contributed by atoms with Crippen LogP contribution in [0.15, 0.2) is 78.0 Å². The van der Waals surface area contributed by atoms with Gasteiger partial charge in [0.05, 0.1) is 18.1 Å². The van der Waals surface area contributed by atoms with Gasteiger partial charge in [0, 0.05) is 29.2 Å². The number of carbonyl (C=O) groups excluding carboxylic acids is 2. The number of imide groups is 1. The third-order valence-corrected chi connectivity index (χ3v) is 7.06. The van der Waals surface area contributed by atoms with Crippen LogP contribution in [-0.2, 0) is 16.1 Å². The number of aromatic nitrogens is 1. The predicted octanol–water partition coefficient (Wildman–Crippen LogP) is 4.22. The molecule has 1 aromatic heterocycles. The van der Waals surface area contributed by atoms with Gasteiger partial charge in [0.15, 0.2) is 0 Å². The molecule has 3 aliphatic carbocycles. The average molecular weight is 409 g/mol. The molecule has 2 amide bonds. The standard InChI is InChI=1S/C26H23N3O2/c30-25-23-18-10-11-19(13-12-18)24(23)26(31)29(25)27-14-20-16-28(15-17-6-2-1-3-7-17)22-9-5-4-8-21(20)22/h1-11,14,16,18-19,23-24H,12-13,15H2/b27-14-/t18-,19-,23+,24+/m0/s1. The van der Waals surface area contributed by atoms with Gasteiger partial charge in [-0.25, -0.2) is 0 Å². The first-order chi connectivity index (χ1) is 15.2. The molecule has 2 fully saturated rings. The first kappa shape index (κ1) is 18.3. The molecule has 3 aromatic rings. The molecule has 2 bridgehead atoms. The number of para-hydroxylation sites is 1. The summed E-state index contributed by atoms with van der Waals surface area (Å²) >= 11 is 0. The molecule has 31 heavy (non-hydrogen) atoms. The second-order valence-electron chi connectivity index (χ2n) is 8.79. The van der Waals surface area contributed by atoms with Crippen LogP contribution in [-0.4, -0.2) is 27.6 Å². The second kappa shape index (κ2) is 7.05. The van der Waals surface area contributed by atoms with E-state index in [9.17, 15) is 9.59 Å². The van der Waals surface area contributed by atoms with E-state index >= 15 is 0 Å². The van der Waals surface area contributed by atoms with Crippen LogP contribution < -0.4 is 0 Å². The van der Waals surface area contributed by atoms with E-state index in [2.05, 4.69) is 46.1 Å². The first-order valence-electron chi connectivity index (χ1n) is 10.9. The Morgan fingerprint density at radius 3 is 2.19 bits per heavy atom. The normalized spacial score (nSPS) is 27.0. The molecule has 2 heterocycles. The summed E-state index contributed by atoms with van der Waals surface area (Å²) in [5, 5.41) is 6.61. The molecule has 0 N–H and O–H groups in total. The van der Waals surface area contributed by atoms with Crippen molar-refractivity contribution < 1.29 is 9.59 Å². The maximum absolute atomic E-state index is 13.0. The fraction of sp³-hybridized carbons (Fsp3) is 0.269. The zero-order chi connectivity index (χ0) is 20.9. The maximum Gasteiger partial charge on any atom is 0.254 e. The maximum atomic E-state index is 13.0. The molecular formula is C26H23N3O2. The van der Waals surface area contributed by atoms with Crippen molar-refractivity contribution in [3.8, 4) is 0 Å². The van der Waals surface area contributed by atoms with Crippen molar-refractivity contribution in [2.24, 2.45) is 28.8 Å². The lowest BCUT2D eigenvalue weighted by molar-refractivity contribution is -0.140. The van der Waals surface area contributed by atoms with Gasteiger partial charge in [-0.05, 0) is 36.3 Å². The highest BCUT2D eigenvalue weighted by atomic mass is 16.2. The molecule has 4 atom stereocenters. The smallest absolute Gasteiger partial charge is 0.254 e. The van der Waals surface area contributed by atoms with Gasteiger partial charge in [0.1, 0.15) is 0 Å². The summed E-state index contributed by atoms with van der Waals surface area (Å²) in [7, 11) is 0. The van der Waals surface area contributed by atoms with Gasteiger partial charge in [-0.3, -0.25) is 9.59 Å².